The van der Waals surface area contributed by atoms with Crippen LogP contribution in [0.4, 0.5) is 10.8 Å². The standard InChI is InChI=1S/C15H20N4S/c1-12-2-3-13(10-14(12)16)11-18-5-7-19(8-6-18)15-17-4-9-20-15/h2-4,9-10H,5-8,11,16H2,1H3. The summed E-state index contributed by atoms with van der Waals surface area (Å²) in [6.45, 7) is 7.28. The van der Waals surface area contributed by atoms with E-state index >= 15 is 0 Å². The van der Waals surface area contributed by atoms with Crippen molar-refractivity contribution in [2.45, 2.75) is 13.5 Å². The molecule has 1 aromatic carbocycles. The first-order chi connectivity index (χ1) is 9.72. The quantitative estimate of drug-likeness (QED) is 0.881. The molecule has 0 radical (unpaired) electrons. The Labute approximate surface area is 123 Å². The second-order valence-corrected chi connectivity index (χ2v) is 6.14. The van der Waals surface area contributed by atoms with E-state index in [0.29, 0.717) is 0 Å². The van der Waals surface area contributed by atoms with Gasteiger partial charge in [0.05, 0.1) is 0 Å². The molecule has 1 aliphatic rings. The Balaban J connectivity index is 1.57. The lowest BCUT2D eigenvalue weighted by Crippen LogP contribution is -2.45. The van der Waals surface area contributed by atoms with Crippen molar-refractivity contribution >= 4 is 22.2 Å². The van der Waals surface area contributed by atoms with E-state index in [9.17, 15) is 0 Å². The minimum Gasteiger partial charge on any atom is -0.399 e. The molecule has 1 aliphatic heterocycles. The van der Waals surface area contributed by atoms with Crippen LogP contribution in [0.5, 0.6) is 0 Å². The lowest BCUT2D eigenvalue weighted by Gasteiger charge is -2.34. The van der Waals surface area contributed by atoms with Crippen molar-refractivity contribution in [2.75, 3.05) is 36.8 Å². The number of nitrogen functional groups attached to an aromatic ring is 1. The fraction of sp³-hybridized carbons (Fsp3) is 0.400. The molecule has 2 aromatic rings. The summed E-state index contributed by atoms with van der Waals surface area (Å²) in [6.07, 6.45) is 1.88. The summed E-state index contributed by atoms with van der Waals surface area (Å²) in [7, 11) is 0. The van der Waals surface area contributed by atoms with Crippen molar-refractivity contribution in [3.63, 3.8) is 0 Å². The molecular formula is C15H20N4S. The third-order valence-electron chi connectivity index (χ3n) is 3.81. The molecule has 3 rings (SSSR count). The molecule has 1 fully saturated rings. The average molecular weight is 288 g/mol. The van der Waals surface area contributed by atoms with Gasteiger partial charge in [0.25, 0.3) is 0 Å². The number of aryl methyl sites for hydroxylation is 1. The summed E-state index contributed by atoms with van der Waals surface area (Å²) in [4.78, 5) is 9.23. The van der Waals surface area contributed by atoms with Gasteiger partial charge in [-0.2, -0.15) is 0 Å². The van der Waals surface area contributed by atoms with E-state index in [-0.39, 0.29) is 0 Å². The molecule has 4 nitrogen and oxygen atoms in total. The first-order valence-corrected chi connectivity index (χ1v) is 7.82. The second kappa shape index (κ2) is 5.81. The number of thiazole rings is 1. The number of nitrogens with zero attached hydrogens (tertiary/aromatic N) is 3. The zero-order valence-corrected chi connectivity index (χ0v) is 12.6. The van der Waals surface area contributed by atoms with Crippen LogP contribution in [0.2, 0.25) is 0 Å². The predicted molar refractivity (Wildman–Crippen MR) is 85.2 cm³/mol. The summed E-state index contributed by atoms with van der Waals surface area (Å²) in [6, 6.07) is 6.39. The normalized spacial score (nSPS) is 16.6. The van der Waals surface area contributed by atoms with E-state index in [1.54, 1.807) is 11.3 Å². The fourth-order valence-electron chi connectivity index (χ4n) is 2.52. The van der Waals surface area contributed by atoms with Crippen molar-refractivity contribution in [3.8, 4) is 0 Å². The third-order valence-corrected chi connectivity index (χ3v) is 4.64. The molecule has 0 saturated carbocycles. The number of benzene rings is 1. The molecule has 0 atom stereocenters. The molecule has 0 bridgehead atoms. The van der Waals surface area contributed by atoms with Crippen LogP contribution in [0.15, 0.2) is 29.8 Å². The Hall–Kier alpha value is -1.59. The molecule has 0 aliphatic carbocycles. The Morgan fingerprint density at radius 2 is 2.05 bits per heavy atom. The van der Waals surface area contributed by atoms with Crippen molar-refractivity contribution in [3.05, 3.63) is 40.9 Å². The van der Waals surface area contributed by atoms with E-state index in [4.69, 9.17) is 5.73 Å². The first-order valence-electron chi connectivity index (χ1n) is 6.94. The van der Waals surface area contributed by atoms with Gasteiger partial charge in [-0.1, -0.05) is 12.1 Å². The first kappa shape index (κ1) is 13.4. The number of hydrogen-bond donors (Lipinski definition) is 1. The molecular weight excluding hydrogens is 268 g/mol. The van der Waals surface area contributed by atoms with Gasteiger partial charge < -0.3 is 10.6 Å². The van der Waals surface area contributed by atoms with Gasteiger partial charge in [-0.3, -0.25) is 4.90 Å². The van der Waals surface area contributed by atoms with Gasteiger partial charge in [-0.15, -0.1) is 11.3 Å². The maximum Gasteiger partial charge on any atom is 0.185 e. The average Bonchev–Trinajstić information content (AvgIpc) is 2.98. The Morgan fingerprint density at radius 3 is 2.70 bits per heavy atom. The van der Waals surface area contributed by atoms with Crippen LogP contribution < -0.4 is 10.6 Å². The Bertz CT molecular complexity index is 559. The zero-order chi connectivity index (χ0) is 13.9. The molecule has 20 heavy (non-hydrogen) atoms. The molecule has 1 aromatic heterocycles. The number of anilines is 2. The minimum atomic E-state index is 0.893. The lowest BCUT2D eigenvalue weighted by molar-refractivity contribution is 0.250. The Kier molecular flexibility index (Phi) is 3.89. The zero-order valence-electron chi connectivity index (χ0n) is 11.7. The van der Waals surface area contributed by atoms with Gasteiger partial charge in [-0.05, 0) is 24.1 Å². The number of rotatable bonds is 3. The molecule has 0 amide bonds. The van der Waals surface area contributed by atoms with Crippen LogP contribution in [-0.2, 0) is 6.54 Å². The van der Waals surface area contributed by atoms with Gasteiger partial charge in [0.15, 0.2) is 5.13 Å². The SMILES string of the molecule is Cc1ccc(CN2CCN(c3nccs3)CC2)cc1N. The van der Waals surface area contributed by atoms with Crippen LogP contribution >= 0.6 is 11.3 Å². The maximum absolute atomic E-state index is 5.98. The summed E-state index contributed by atoms with van der Waals surface area (Å²) in [5.74, 6) is 0. The molecule has 0 spiro atoms. The highest BCUT2D eigenvalue weighted by molar-refractivity contribution is 7.13. The van der Waals surface area contributed by atoms with Crippen molar-refractivity contribution in [2.24, 2.45) is 0 Å². The van der Waals surface area contributed by atoms with Crippen LogP contribution in [0.1, 0.15) is 11.1 Å². The highest BCUT2D eigenvalue weighted by atomic mass is 32.1. The molecule has 0 unspecified atom stereocenters. The Morgan fingerprint density at radius 1 is 1.25 bits per heavy atom. The van der Waals surface area contributed by atoms with Crippen LogP contribution in [0, 0.1) is 6.92 Å². The summed E-state index contributed by atoms with van der Waals surface area (Å²) < 4.78 is 0. The van der Waals surface area contributed by atoms with Crippen molar-refractivity contribution < 1.29 is 0 Å². The topological polar surface area (TPSA) is 45.4 Å². The van der Waals surface area contributed by atoms with E-state index in [1.807, 2.05) is 18.5 Å². The van der Waals surface area contributed by atoms with Crippen molar-refractivity contribution in [1.29, 1.82) is 0 Å². The number of piperazine rings is 1. The van der Waals surface area contributed by atoms with Crippen LogP contribution in [0.3, 0.4) is 0 Å². The van der Waals surface area contributed by atoms with Gasteiger partial charge in [0, 0.05) is 50.0 Å². The molecule has 5 heteroatoms. The van der Waals surface area contributed by atoms with Crippen LogP contribution in [-0.4, -0.2) is 36.1 Å². The number of hydrogen-bond acceptors (Lipinski definition) is 5. The van der Waals surface area contributed by atoms with Crippen LogP contribution in [0.25, 0.3) is 0 Å². The largest absolute Gasteiger partial charge is 0.399 e. The smallest absolute Gasteiger partial charge is 0.185 e. The highest BCUT2D eigenvalue weighted by Gasteiger charge is 2.18. The summed E-state index contributed by atoms with van der Waals surface area (Å²) in [5, 5.41) is 3.18. The van der Waals surface area contributed by atoms with E-state index in [2.05, 4.69) is 33.0 Å². The van der Waals surface area contributed by atoms with Gasteiger partial charge in [0.1, 0.15) is 0 Å². The monoisotopic (exact) mass is 288 g/mol. The van der Waals surface area contributed by atoms with Gasteiger partial charge >= 0.3 is 0 Å². The highest BCUT2D eigenvalue weighted by Crippen LogP contribution is 2.20. The van der Waals surface area contributed by atoms with E-state index in [1.165, 1.54) is 5.56 Å². The third kappa shape index (κ3) is 2.94. The molecule has 2 N–H and O–H groups in total. The fourth-order valence-corrected chi connectivity index (χ4v) is 3.21. The predicted octanol–water partition coefficient (Wildman–Crippen LogP) is 2.36. The van der Waals surface area contributed by atoms with Gasteiger partial charge in [0.2, 0.25) is 0 Å². The summed E-state index contributed by atoms with van der Waals surface area (Å²) in [5.41, 5.74) is 9.33. The lowest BCUT2D eigenvalue weighted by atomic mass is 10.1. The number of aromatic nitrogens is 1. The molecule has 106 valence electrons. The second-order valence-electron chi connectivity index (χ2n) is 5.27. The minimum absolute atomic E-state index is 0.893. The number of nitrogens with two attached hydrogens (primary N) is 1. The maximum atomic E-state index is 5.98. The van der Waals surface area contributed by atoms with Crippen molar-refractivity contribution in [1.82, 2.24) is 9.88 Å². The molecule has 2 heterocycles. The molecule has 1 saturated heterocycles. The van der Waals surface area contributed by atoms with E-state index < -0.39 is 0 Å². The van der Waals surface area contributed by atoms with Gasteiger partial charge in [-0.25, -0.2) is 4.98 Å². The van der Waals surface area contributed by atoms with E-state index in [0.717, 1.165) is 49.1 Å². The summed E-state index contributed by atoms with van der Waals surface area (Å²) >= 11 is 1.72.